The minimum Gasteiger partial charge on any atom is -0.496 e. The molecule has 0 heterocycles. The molecule has 2 amide bonds. The van der Waals surface area contributed by atoms with Gasteiger partial charge in [-0.25, -0.2) is 0 Å². The molecule has 0 saturated heterocycles. The highest BCUT2D eigenvalue weighted by molar-refractivity contribution is 9.10. The van der Waals surface area contributed by atoms with E-state index in [9.17, 15) is 9.59 Å². The molecular weight excluding hydrogens is 422 g/mol. The summed E-state index contributed by atoms with van der Waals surface area (Å²) >= 11 is 8.33. The number of thiocarbonyl (C=S) groups is 1. The smallest absolute Gasteiger partial charge is 0.273 e. The number of methoxy groups -OCH3 is 2. The van der Waals surface area contributed by atoms with Crippen LogP contribution in [0.1, 0.15) is 20.7 Å². The Bertz CT molecular complexity index is 845. The minimum atomic E-state index is -0.479. The van der Waals surface area contributed by atoms with E-state index in [4.69, 9.17) is 21.7 Å². The third-order valence-electron chi connectivity index (χ3n) is 3.27. The number of rotatable bonds is 4. The van der Waals surface area contributed by atoms with Crippen molar-refractivity contribution in [2.24, 2.45) is 0 Å². The molecule has 0 radical (unpaired) electrons. The first-order valence-electron chi connectivity index (χ1n) is 7.34. The van der Waals surface area contributed by atoms with Crippen LogP contribution < -0.4 is 25.6 Å². The van der Waals surface area contributed by atoms with Crippen LogP contribution in [-0.4, -0.2) is 31.1 Å². The maximum absolute atomic E-state index is 12.3. The Balaban J connectivity index is 1.98. The second kappa shape index (κ2) is 9.16. The Labute approximate surface area is 164 Å². The van der Waals surface area contributed by atoms with Crippen molar-refractivity contribution >= 4 is 45.1 Å². The van der Waals surface area contributed by atoms with Gasteiger partial charge in [-0.15, -0.1) is 0 Å². The van der Waals surface area contributed by atoms with Gasteiger partial charge in [0.15, 0.2) is 5.11 Å². The number of nitrogens with one attached hydrogen (secondary N) is 3. The summed E-state index contributed by atoms with van der Waals surface area (Å²) in [6.07, 6.45) is 0. The lowest BCUT2D eigenvalue weighted by molar-refractivity contribution is 0.0931. The fourth-order valence-corrected chi connectivity index (χ4v) is 2.58. The molecule has 0 saturated carbocycles. The van der Waals surface area contributed by atoms with Crippen molar-refractivity contribution < 1.29 is 19.1 Å². The van der Waals surface area contributed by atoms with Gasteiger partial charge >= 0.3 is 0 Å². The summed E-state index contributed by atoms with van der Waals surface area (Å²) in [6, 6.07) is 11.7. The first-order valence-corrected chi connectivity index (χ1v) is 8.54. The summed E-state index contributed by atoms with van der Waals surface area (Å²) in [6.45, 7) is 0. The highest BCUT2D eigenvalue weighted by atomic mass is 79.9. The maximum atomic E-state index is 12.3. The zero-order valence-corrected chi connectivity index (χ0v) is 16.4. The van der Waals surface area contributed by atoms with E-state index >= 15 is 0 Å². The van der Waals surface area contributed by atoms with E-state index < -0.39 is 11.8 Å². The summed E-state index contributed by atoms with van der Waals surface area (Å²) in [4.78, 5) is 24.5. The number of halogens is 1. The topological polar surface area (TPSA) is 88.7 Å². The second-order valence-corrected chi connectivity index (χ2v) is 6.23. The largest absolute Gasteiger partial charge is 0.496 e. The van der Waals surface area contributed by atoms with Crippen LogP contribution in [0.25, 0.3) is 0 Å². The quantitative estimate of drug-likeness (QED) is 0.502. The molecule has 9 heteroatoms. The van der Waals surface area contributed by atoms with E-state index in [0.717, 1.165) is 0 Å². The van der Waals surface area contributed by atoms with Crippen molar-refractivity contribution in [1.82, 2.24) is 16.2 Å². The van der Waals surface area contributed by atoms with Crippen LogP contribution in [0, 0.1) is 0 Å². The van der Waals surface area contributed by atoms with Gasteiger partial charge in [-0.1, -0.05) is 28.1 Å². The Kier molecular flexibility index (Phi) is 6.93. The van der Waals surface area contributed by atoms with E-state index in [1.807, 2.05) is 0 Å². The van der Waals surface area contributed by atoms with Crippen molar-refractivity contribution in [3.8, 4) is 11.5 Å². The van der Waals surface area contributed by atoms with Crippen LogP contribution in [0.2, 0.25) is 0 Å². The molecule has 0 aliphatic heterocycles. The highest BCUT2D eigenvalue weighted by Crippen LogP contribution is 2.22. The average molecular weight is 438 g/mol. The van der Waals surface area contributed by atoms with Crippen molar-refractivity contribution in [3.05, 3.63) is 58.1 Å². The van der Waals surface area contributed by atoms with Gasteiger partial charge in [-0.3, -0.25) is 25.8 Å². The van der Waals surface area contributed by atoms with Crippen molar-refractivity contribution in [2.45, 2.75) is 0 Å². The van der Waals surface area contributed by atoms with Gasteiger partial charge in [0.2, 0.25) is 0 Å². The van der Waals surface area contributed by atoms with Crippen LogP contribution >= 0.6 is 28.1 Å². The first kappa shape index (κ1) is 19.7. The molecule has 2 aromatic carbocycles. The molecule has 0 aliphatic rings. The lowest BCUT2D eigenvalue weighted by atomic mass is 10.2. The number of hydrogen-bond donors (Lipinski definition) is 3. The molecule has 2 aromatic rings. The zero-order chi connectivity index (χ0) is 19.1. The summed E-state index contributed by atoms with van der Waals surface area (Å²) in [5, 5.41) is 2.40. The minimum absolute atomic E-state index is 0.0692. The molecule has 0 fully saturated rings. The molecule has 0 unspecified atom stereocenters. The second-order valence-electron chi connectivity index (χ2n) is 4.91. The Morgan fingerprint density at radius 3 is 2.27 bits per heavy atom. The monoisotopic (exact) mass is 437 g/mol. The van der Waals surface area contributed by atoms with Crippen LogP contribution in [0.4, 0.5) is 0 Å². The number of amides is 2. The number of carbonyl (C=O) groups excluding carboxylic acids is 2. The zero-order valence-electron chi connectivity index (χ0n) is 14.0. The molecule has 0 aromatic heterocycles. The van der Waals surface area contributed by atoms with Gasteiger partial charge in [0, 0.05) is 4.47 Å². The Morgan fingerprint density at radius 2 is 1.58 bits per heavy atom. The number of benzene rings is 2. The molecule has 26 heavy (non-hydrogen) atoms. The molecule has 7 nitrogen and oxygen atoms in total. The predicted molar refractivity (Wildman–Crippen MR) is 104 cm³/mol. The standard InChI is InChI=1S/C17H16BrN3O4S/c1-24-13-6-4-3-5-11(13)16(23)20-21-17(26)19-15(22)12-9-10(18)7-8-14(12)25-2/h3-9H,1-2H3,(H,20,23)(H2,19,21,22,26). The number of hydrazine groups is 1. The summed E-state index contributed by atoms with van der Waals surface area (Å²) in [5.74, 6) is -0.126. The number of hydrogen-bond acceptors (Lipinski definition) is 5. The molecular formula is C17H16BrN3O4S. The molecule has 0 aliphatic carbocycles. The van der Waals surface area contributed by atoms with Crippen LogP contribution in [0.3, 0.4) is 0 Å². The Morgan fingerprint density at radius 1 is 0.923 bits per heavy atom. The van der Waals surface area contributed by atoms with Crippen LogP contribution in [0.15, 0.2) is 46.9 Å². The summed E-state index contributed by atoms with van der Waals surface area (Å²) < 4.78 is 11.0. The van der Waals surface area contributed by atoms with Gasteiger partial charge in [0.05, 0.1) is 25.3 Å². The summed E-state index contributed by atoms with van der Waals surface area (Å²) in [7, 11) is 2.93. The maximum Gasteiger partial charge on any atom is 0.273 e. The fraction of sp³-hybridized carbons (Fsp3) is 0.118. The molecule has 0 spiro atoms. The third kappa shape index (κ3) is 4.93. The first-order chi connectivity index (χ1) is 12.5. The van der Waals surface area contributed by atoms with E-state index in [0.29, 0.717) is 27.1 Å². The lowest BCUT2D eigenvalue weighted by Gasteiger charge is -2.13. The SMILES string of the molecule is COc1ccccc1C(=O)NNC(=S)NC(=O)c1cc(Br)ccc1OC. The van der Waals surface area contributed by atoms with Crippen LogP contribution in [-0.2, 0) is 0 Å². The molecule has 136 valence electrons. The van der Waals surface area contributed by atoms with Gasteiger partial charge < -0.3 is 9.47 Å². The highest BCUT2D eigenvalue weighted by Gasteiger charge is 2.15. The summed E-state index contributed by atoms with van der Waals surface area (Å²) in [5.41, 5.74) is 5.50. The van der Waals surface area contributed by atoms with Crippen molar-refractivity contribution in [2.75, 3.05) is 14.2 Å². The number of ether oxygens (including phenoxy) is 2. The number of para-hydroxylation sites is 1. The van der Waals surface area contributed by atoms with Crippen LogP contribution in [0.5, 0.6) is 11.5 Å². The normalized spacial score (nSPS) is 9.81. The van der Waals surface area contributed by atoms with Crippen molar-refractivity contribution in [3.63, 3.8) is 0 Å². The molecule has 3 N–H and O–H groups in total. The third-order valence-corrected chi connectivity index (χ3v) is 3.97. The predicted octanol–water partition coefficient (Wildman–Crippen LogP) is 2.42. The van der Waals surface area contributed by atoms with E-state index in [-0.39, 0.29) is 5.11 Å². The lowest BCUT2D eigenvalue weighted by Crippen LogP contribution is -2.48. The van der Waals surface area contributed by atoms with Gasteiger partial charge in [-0.05, 0) is 42.5 Å². The molecule has 2 rings (SSSR count). The van der Waals surface area contributed by atoms with E-state index in [1.54, 1.807) is 42.5 Å². The van der Waals surface area contributed by atoms with Gasteiger partial charge in [-0.2, -0.15) is 0 Å². The fourth-order valence-electron chi connectivity index (χ4n) is 2.07. The van der Waals surface area contributed by atoms with Gasteiger partial charge in [0.1, 0.15) is 11.5 Å². The molecule has 0 bridgehead atoms. The van der Waals surface area contributed by atoms with E-state index in [2.05, 4.69) is 32.1 Å². The van der Waals surface area contributed by atoms with Crippen molar-refractivity contribution in [1.29, 1.82) is 0 Å². The van der Waals surface area contributed by atoms with E-state index in [1.165, 1.54) is 14.2 Å². The van der Waals surface area contributed by atoms with Gasteiger partial charge in [0.25, 0.3) is 11.8 Å². The molecule has 0 atom stereocenters. The Hall–Kier alpha value is -2.65. The average Bonchev–Trinajstić information content (AvgIpc) is 2.65. The number of carbonyl (C=O) groups is 2.